The van der Waals surface area contributed by atoms with E-state index in [2.05, 4.69) is 10.8 Å². The average Bonchev–Trinajstić information content (AvgIpc) is 2.26. The summed E-state index contributed by atoms with van der Waals surface area (Å²) in [4.78, 5) is 18.0. The third kappa shape index (κ3) is 5.72. The molecule has 1 rings (SSSR count). The van der Waals surface area contributed by atoms with Gasteiger partial charge >= 0.3 is 0 Å². The van der Waals surface area contributed by atoms with Crippen LogP contribution in [0.25, 0.3) is 0 Å². The van der Waals surface area contributed by atoms with Crippen LogP contribution in [0, 0.1) is 5.41 Å². The predicted molar refractivity (Wildman–Crippen MR) is 82.3 cm³/mol. The van der Waals surface area contributed by atoms with Gasteiger partial charge in [0.1, 0.15) is 0 Å². The van der Waals surface area contributed by atoms with Crippen LogP contribution in [0.4, 0.5) is 5.69 Å². The van der Waals surface area contributed by atoms with Crippen molar-refractivity contribution in [1.29, 1.82) is 0 Å². The van der Waals surface area contributed by atoms with E-state index in [1.165, 1.54) is 0 Å². The quantitative estimate of drug-likeness (QED) is 0.830. The molecule has 0 aliphatic heterocycles. The minimum atomic E-state index is -0.582. The van der Waals surface area contributed by atoms with Gasteiger partial charge in [0.2, 0.25) is 0 Å². The largest absolute Gasteiger partial charge is 0.324 e. The van der Waals surface area contributed by atoms with Crippen LogP contribution < -0.4 is 10.8 Å². The first kappa shape index (κ1) is 16.7. The SMILES string of the molecule is CC(C)(C)NOC(C(=O)Nc1ccccc1)C(C)(C)C. The summed E-state index contributed by atoms with van der Waals surface area (Å²) in [6, 6.07) is 9.39. The molecule has 1 aromatic carbocycles. The molecule has 1 amide bonds. The van der Waals surface area contributed by atoms with E-state index >= 15 is 0 Å². The summed E-state index contributed by atoms with van der Waals surface area (Å²) >= 11 is 0. The fraction of sp³-hybridized carbons (Fsp3) is 0.562. The molecule has 4 heteroatoms. The molecule has 0 heterocycles. The standard InChI is InChI=1S/C16H26N2O2/c1-15(2,3)13(20-18-16(4,5)6)14(19)17-12-10-8-7-9-11-12/h7-11,13,18H,1-6H3,(H,17,19). The number of rotatable bonds is 4. The molecule has 0 fully saturated rings. The summed E-state index contributed by atoms with van der Waals surface area (Å²) in [7, 11) is 0. The maximum Gasteiger partial charge on any atom is 0.256 e. The highest BCUT2D eigenvalue weighted by atomic mass is 16.7. The molecule has 1 atom stereocenters. The van der Waals surface area contributed by atoms with E-state index in [0.717, 1.165) is 5.69 Å². The maximum atomic E-state index is 12.4. The van der Waals surface area contributed by atoms with Gasteiger partial charge in [0.15, 0.2) is 6.10 Å². The van der Waals surface area contributed by atoms with Crippen molar-refractivity contribution < 1.29 is 9.63 Å². The fourth-order valence-electron chi connectivity index (χ4n) is 1.59. The molecule has 112 valence electrons. The lowest BCUT2D eigenvalue weighted by molar-refractivity contribution is -0.149. The van der Waals surface area contributed by atoms with Crippen LogP contribution >= 0.6 is 0 Å². The molecular formula is C16H26N2O2. The monoisotopic (exact) mass is 278 g/mol. The van der Waals surface area contributed by atoms with E-state index in [9.17, 15) is 4.79 Å². The summed E-state index contributed by atoms with van der Waals surface area (Å²) in [6.45, 7) is 11.9. The Balaban J connectivity index is 2.76. The zero-order valence-corrected chi connectivity index (χ0v) is 13.3. The Bertz CT molecular complexity index is 430. The molecule has 0 aliphatic carbocycles. The van der Waals surface area contributed by atoms with E-state index in [-0.39, 0.29) is 16.9 Å². The number of carbonyl (C=O) groups is 1. The summed E-state index contributed by atoms with van der Waals surface area (Å²) in [5.41, 5.74) is 3.18. The molecule has 1 unspecified atom stereocenters. The molecule has 0 saturated heterocycles. The molecular weight excluding hydrogens is 252 g/mol. The van der Waals surface area contributed by atoms with Gasteiger partial charge < -0.3 is 5.32 Å². The molecule has 0 radical (unpaired) electrons. The average molecular weight is 278 g/mol. The van der Waals surface area contributed by atoms with Crippen LogP contribution in [0.3, 0.4) is 0 Å². The van der Waals surface area contributed by atoms with Gasteiger partial charge in [-0.3, -0.25) is 9.63 Å². The van der Waals surface area contributed by atoms with Crippen LogP contribution in [0.5, 0.6) is 0 Å². The number of amides is 1. The number of hydrogen-bond donors (Lipinski definition) is 2. The zero-order chi connectivity index (χ0) is 15.4. The Kier molecular flexibility index (Phi) is 5.31. The molecule has 0 aliphatic rings. The Morgan fingerprint density at radius 3 is 2.05 bits per heavy atom. The van der Waals surface area contributed by atoms with Gasteiger partial charge in [0.05, 0.1) is 0 Å². The van der Waals surface area contributed by atoms with E-state index < -0.39 is 6.10 Å². The second-order valence-corrected chi connectivity index (χ2v) is 7.07. The summed E-state index contributed by atoms with van der Waals surface area (Å²) < 4.78 is 0. The lowest BCUT2D eigenvalue weighted by Gasteiger charge is -2.32. The third-order valence-electron chi connectivity index (χ3n) is 2.55. The number of para-hydroxylation sites is 1. The summed E-state index contributed by atoms with van der Waals surface area (Å²) in [6.07, 6.45) is -0.582. The lowest BCUT2D eigenvalue weighted by Crippen LogP contribution is -2.48. The zero-order valence-electron chi connectivity index (χ0n) is 13.3. The topological polar surface area (TPSA) is 50.4 Å². The molecule has 20 heavy (non-hydrogen) atoms. The minimum Gasteiger partial charge on any atom is -0.324 e. The molecule has 0 saturated carbocycles. The maximum absolute atomic E-state index is 12.4. The first-order chi connectivity index (χ1) is 9.09. The first-order valence-electron chi connectivity index (χ1n) is 6.88. The Labute approximate surface area is 121 Å². The van der Waals surface area contributed by atoms with E-state index in [0.29, 0.717) is 0 Å². The van der Waals surface area contributed by atoms with E-state index in [4.69, 9.17) is 4.84 Å². The Hall–Kier alpha value is -1.39. The number of carbonyl (C=O) groups excluding carboxylic acids is 1. The number of hydrogen-bond acceptors (Lipinski definition) is 3. The van der Waals surface area contributed by atoms with Gasteiger partial charge in [-0.25, -0.2) is 0 Å². The van der Waals surface area contributed by atoms with Gasteiger partial charge in [-0.2, -0.15) is 5.48 Å². The van der Waals surface area contributed by atoms with E-state index in [1.807, 2.05) is 71.9 Å². The van der Waals surface area contributed by atoms with Gasteiger partial charge in [-0.1, -0.05) is 39.0 Å². The van der Waals surface area contributed by atoms with Gasteiger partial charge in [-0.15, -0.1) is 0 Å². The van der Waals surface area contributed by atoms with Crippen molar-refractivity contribution in [3.63, 3.8) is 0 Å². The molecule has 0 spiro atoms. The second-order valence-electron chi connectivity index (χ2n) is 7.07. The van der Waals surface area contributed by atoms with Crippen molar-refractivity contribution >= 4 is 11.6 Å². The number of hydroxylamine groups is 1. The van der Waals surface area contributed by atoms with Crippen LogP contribution in [-0.2, 0) is 9.63 Å². The third-order valence-corrected chi connectivity index (χ3v) is 2.55. The van der Waals surface area contributed by atoms with Crippen molar-refractivity contribution in [3.05, 3.63) is 30.3 Å². The van der Waals surface area contributed by atoms with Gasteiger partial charge in [-0.05, 0) is 38.3 Å². The number of benzene rings is 1. The van der Waals surface area contributed by atoms with Crippen LogP contribution in [0.2, 0.25) is 0 Å². The number of nitrogens with one attached hydrogen (secondary N) is 2. The van der Waals surface area contributed by atoms with Gasteiger partial charge in [0, 0.05) is 11.2 Å². The highest BCUT2D eigenvalue weighted by molar-refractivity contribution is 5.94. The first-order valence-corrected chi connectivity index (χ1v) is 6.88. The number of anilines is 1. The van der Waals surface area contributed by atoms with Crippen molar-refractivity contribution in [3.8, 4) is 0 Å². The Morgan fingerprint density at radius 2 is 1.60 bits per heavy atom. The highest BCUT2D eigenvalue weighted by Crippen LogP contribution is 2.23. The van der Waals surface area contributed by atoms with Crippen LogP contribution in [0.1, 0.15) is 41.5 Å². The summed E-state index contributed by atoms with van der Waals surface area (Å²) in [5.74, 6) is -0.152. The van der Waals surface area contributed by atoms with Crippen molar-refractivity contribution in [2.24, 2.45) is 5.41 Å². The van der Waals surface area contributed by atoms with Crippen molar-refractivity contribution in [1.82, 2.24) is 5.48 Å². The summed E-state index contributed by atoms with van der Waals surface area (Å²) in [5, 5.41) is 2.88. The molecule has 2 N–H and O–H groups in total. The highest BCUT2D eigenvalue weighted by Gasteiger charge is 2.34. The normalized spacial score (nSPS) is 13.9. The van der Waals surface area contributed by atoms with Crippen LogP contribution in [0.15, 0.2) is 30.3 Å². The predicted octanol–water partition coefficient (Wildman–Crippen LogP) is 3.36. The smallest absolute Gasteiger partial charge is 0.256 e. The second kappa shape index (κ2) is 6.37. The molecule has 0 aromatic heterocycles. The lowest BCUT2D eigenvalue weighted by atomic mass is 9.88. The van der Waals surface area contributed by atoms with Gasteiger partial charge in [0.25, 0.3) is 5.91 Å². The minimum absolute atomic E-state index is 0.152. The molecule has 0 bridgehead atoms. The fourth-order valence-corrected chi connectivity index (χ4v) is 1.59. The molecule has 4 nitrogen and oxygen atoms in total. The van der Waals surface area contributed by atoms with Crippen molar-refractivity contribution in [2.45, 2.75) is 53.2 Å². The Morgan fingerprint density at radius 1 is 1.05 bits per heavy atom. The van der Waals surface area contributed by atoms with Crippen molar-refractivity contribution in [2.75, 3.05) is 5.32 Å². The molecule has 1 aromatic rings. The van der Waals surface area contributed by atoms with Crippen LogP contribution in [-0.4, -0.2) is 17.6 Å². The van der Waals surface area contributed by atoms with E-state index in [1.54, 1.807) is 0 Å².